The van der Waals surface area contributed by atoms with Crippen molar-refractivity contribution in [3.8, 4) is 0 Å². The summed E-state index contributed by atoms with van der Waals surface area (Å²) in [5.41, 5.74) is 1.17. The van der Waals surface area contributed by atoms with Crippen molar-refractivity contribution in [1.29, 1.82) is 0 Å². The normalized spacial score (nSPS) is 10.6. The third kappa shape index (κ3) is 5.24. The predicted molar refractivity (Wildman–Crippen MR) is 106 cm³/mol. The number of anilines is 2. The molecule has 2 aromatic heterocycles. The minimum absolute atomic E-state index is 0.136. The van der Waals surface area contributed by atoms with E-state index in [4.69, 9.17) is 0 Å². The maximum absolute atomic E-state index is 12.3. The number of carbonyl (C=O) groups excluding carboxylic acids is 2. The fourth-order valence-electron chi connectivity index (χ4n) is 2.48. The zero-order valence-electron chi connectivity index (χ0n) is 15.0. The molecule has 0 atom stereocenters. The zero-order valence-corrected chi connectivity index (χ0v) is 15.8. The van der Waals surface area contributed by atoms with Gasteiger partial charge in [0.25, 0.3) is 5.91 Å². The number of hydrogen-bond donors (Lipinski definition) is 2. The van der Waals surface area contributed by atoms with E-state index in [1.807, 2.05) is 6.07 Å². The molecule has 3 aromatic rings. The van der Waals surface area contributed by atoms with Crippen LogP contribution in [0.25, 0.3) is 0 Å². The van der Waals surface area contributed by atoms with Crippen LogP contribution in [0.3, 0.4) is 0 Å². The summed E-state index contributed by atoms with van der Waals surface area (Å²) in [5.74, 6) is 0.293. The Morgan fingerprint density at radius 3 is 2.74 bits per heavy atom. The molecule has 2 heterocycles. The Balaban J connectivity index is 1.55. The molecule has 0 aliphatic rings. The second-order valence-corrected chi connectivity index (χ2v) is 6.84. The minimum atomic E-state index is -0.222. The molecule has 0 bridgehead atoms. The number of carbonyl (C=O) groups is 2. The second kappa shape index (κ2) is 9.09. The molecule has 0 radical (unpaired) electrons. The third-order valence-electron chi connectivity index (χ3n) is 3.86. The van der Waals surface area contributed by atoms with Gasteiger partial charge < -0.3 is 5.32 Å². The maximum atomic E-state index is 12.3. The van der Waals surface area contributed by atoms with Gasteiger partial charge in [-0.25, -0.2) is 9.67 Å². The van der Waals surface area contributed by atoms with Crippen molar-refractivity contribution in [3.63, 3.8) is 0 Å². The average molecular weight is 383 g/mol. The fraction of sp³-hybridized carbons (Fsp3) is 0.263. The Kier molecular flexibility index (Phi) is 6.32. The monoisotopic (exact) mass is 383 g/mol. The van der Waals surface area contributed by atoms with Crippen LogP contribution in [-0.2, 0) is 17.8 Å². The number of unbranched alkanes of at least 4 members (excludes halogenated alkanes) is 1. The molecule has 140 valence electrons. The summed E-state index contributed by atoms with van der Waals surface area (Å²) in [4.78, 5) is 28.8. The number of rotatable bonds is 8. The number of aryl methyl sites for hydroxylation is 1. The smallest absolute Gasteiger partial charge is 0.257 e. The fourth-order valence-corrected chi connectivity index (χ4v) is 3.19. The lowest BCUT2D eigenvalue weighted by Gasteiger charge is -2.07. The first-order chi connectivity index (χ1) is 13.2. The zero-order chi connectivity index (χ0) is 19.1. The van der Waals surface area contributed by atoms with E-state index in [1.54, 1.807) is 46.6 Å². The van der Waals surface area contributed by atoms with Gasteiger partial charge in [0.1, 0.15) is 5.82 Å². The first-order valence-corrected chi connectivity index (χ1v) is 9.66. The molecule has 0 fully saturated rings. The van der Waals surface area contributed by atoms with E-state index in [9.17, 15) is 9.59 Å². The average Bonchev–Trinajstić information content (AvgIpc) is 3.30. The molecule has 8 heteroatoms. The minimum Gasteiger partial charge on any atom is -0.311 e. The Bertz CT molecular complexity index is 904. The number of aromatic nitrogens is 3. The van der Waals surface area contributed by atoms with Gasteiger partial charge in [-0.15, -0.1) is 11.3 Å². The molecule has 0 unspecified atom stereocenters. The highest BCUT2D eigenvalue weighted by atomic mass is 32.1. The Morgan fingerprint density at radius 2 is 1.96 bits per heavy atom. The van der Waals surface area contributed by atoms with Crippen LogP contribution < -0.4 is 10.6 Å². The van der Waals surface area contributed by atoms with Gasteiger partial charge in [-0.1, -0.05) is 31.5 Å². The highest BCUT2D eigenvalue weighted by Crippen LogP contribution is 2.17. The number of thiazole rings is 1. The van der Waals surface area contributed by atoms with E-state index in [2.05, 4.69) is 27.6 Å². The summed E-state index contributed by atoms with van der Waals surface area (Å²) in [5, 5.41) is 12.1. The van der Waals surface area contributed by atoms with Crippen molar-refractivity contribution >= 4 is 34.1 Å². The van der Waals surface area contributed by atoms with Crippen LogP contribution in [0.1, 0.15) is 35.8 Å². The summed E-state index contributed by atoms with van der Waals surface area (Å²) < 4.78 is 1.79. The third-order valence-corrected chi connectivity index (χ3v) is 4.66. The summed E-state index contributed by atoms with van der Waals surface area (Å²) in [6, 6.07) is 10.7. The van der Waals surface area contributed by atoms with Gasteiger partial charge in [-0.2, -0.15) is 5.10 Å². The first kappa shape index (κ1) is 18.8. The second-order valence-electron chi connectivity index (χ2n) is 5.98. The van der Waals surface area contributed by atoms with Gasteiger partial charge in [0, 0.05) is 23.6 Å². The molecule has 2 amide bonds. The van der Waals surface area contributed by atoms with Crippen LogP contribution in [0.2, 0.25) is 0 Å². The number of nitrogens with zero attached hydrogens (tertiary/aromatic N) is 3. The lowest BCUT2D eigenvalue weighted by molar-refractivity contribution is -0.115. The quantitative estimate of drug-likeness (QED) is 0.622. The number of amides is 2. The van der Waals surface area contributed by atoms with E-state index < -0.39 is 0 Å². The van der Waals surface area contributed by atoms with Crippen LogP contribution in [0.15, 0.2) is 48.0 Å². The van der Waals surface area contributed by atoms with Crippen molar-refractivity contribution in [2.24, 2.45) is 0 Å². The van der Waals surface area contributed by atoms with Gasteiger partial charge in [0.05, 0.1) is 18.3 Å². The van der Waals surface area contributed by atoms with Crippen LogP contribution in [0, 0.1) is 0 Å². The topological polar surface area (TPSA) is 88.9 Å². The molecule has 0 aliphatic heterocycles. The number of hydrogen-bond acceptors (Lipinski definition) is 5. The van der Waals surface area contributed by atoms with Crippen molar-refractivity contribution < 1.29 is 9.59 Å². The number of nitrogens with one attached hydrogen (secondary N) is 2. The predicted octanol–water partition coefficient (Wildman–Crippen LogP) is 3.57. The summed E-state index contributed by atoms with van der Waals surface area (Å²) in [6.45, 7) is 2.88. The van der Waals surface area contributed by atoms with Crippen LogP contribution >= 0.6 is 11.3 Å². The van der Waals surface area contributed by atoms with Gasteiger partial charge in [0.2, 0.25) is 5.91 Å². The molecule has 1 aromatic carbocycles. The Morgan fingerprint density at radius 1 is 1.15 bits per heavy atom. The van der Waals surface area contributed by atoms with E-state index in [0.29, 0.717) is 22.2 Å². The molecular weight excluding hydrogens is 362 g/mol. The van der Waals surface area contributed by atoms with Crippen molar-refractivity contribution in [2.75, 3.05) is 10.6 Å². The molecule has 2 N–H and O–H groups in total. The molecule has 27 heavy (non-hydrogen) atoms. The highest BCUT2D eigenvalue weighted by Gasteiger charge is 2.12. The van der Waals surface area contributed by atoms with Crippen molar-refractivity contribution in [2.45, 2.75) is 32.7 Å². The SMILES string of the molecule is CCCCn1nccc1NC(=O)Cc1csc(NC(=O)c2ccccc2)n1. The molecular formula is C19H21N5O2S. The molecule has 7 nitrogen and oxygen atoms in total. The van der Waals surface area contributed by atoms with Crippen molar-refractivity contribution in [1.82, 2.24) is 14.8 Å². The maximum Gasteiger partial charge on any atom is 0.257 e. The van der Waals surface area contributed by atoms with Gasteiger partial charge >= 0.3 is 0 Å². The van der Waals surface area contributed by atoms with Crippen LogP contribution in [0.5, 0.6) is 0 Å². The van der Waals surface area contributed by atoms with E-state index in [0.717, 1.165) is 19.4 Å². The molecule has 0 spiro atoms. The standard InChI is InChI=1S/C19H21N5O2S/c1-2-3-11-24-16(9-10-20-24)22-17(25)12-15-13-27-19(21-15)23-18(26)14-7-5-4-6-8-14/h4-10,13H,2-3,11-12H2,1H3,(H,22,25)(H,21,23,26). The lowest BCUT2D eigenvalue weighted by atomic mass is 10.2. The van der Waals surface area contributed by atoms with Gasteiger partial charge in [-0.3, -0.25) is 14.9 Å². The van der Waals surface area contributed by atoms with E-state index >= 15 is 0 Å². The molecule has 3 rings (SSSR count). The molecule has 0 saturated carbocycles. The Labute approximate surface area is 161 Å². The summed E-state index contributed by atoms with van der Waals surface area (Å²) in [7, 11) is 0. The largest absolute Gasteiger partial charge is 0.311 e. The highest BCUT2D eigenvalue weighted by molar-refractivity contribution is 7.14. The molecule has 0 saturated heterocycles. The van der Waals surface area contributed by atoms with E-state index in [1.165, 1.54) is 11.3 Å². The lowest BCUT2D eigenvalue weighted by Crippen LogP contribution is -2.18. The van der Waals surface area contributed by atoms with Crippen LogP contribution in [0.4, 0.5) is 10.9 Å². The Hall–Kier alpha value is -3.00. The summed E-state index contributed by atoms with van der Waals surface area (Å²) in [6.07, 6.45) is 3.87. The van der Waals surface area contributed by atoms with Gasteiger partial charge in [-0.05, 0) is 18.6 Å². The van der Waals surface area contributed by atoms with E-state index in [-0.39, 0.29) is 18.2 Å². The summed E-state index contributed by atoms with van der Waals surface area (Å²) >= 11 is 1.30. The van der Waals surface area contributed by atoms with Gasteiger partial charge in [0.15, 0.2) is 5.13 Å². The van der Waals surface area contributed by atoms with Crippen molar-refractivity contribution in [3.05, 3.63) is 59.2 Å². The first-order valence-electron chi connectivity index (χ1n) is 8.78. The molecule has 0 aliphatic carbocycles. The number of benzene rings is 1. The van der Waals surface area contributed by atoms with Crippen LogP contribution in [-0.4, -0.2) is 26.6 Å².